The number of halogens is 1. The maximum atomic E-state index is 13.1. The number of aromatic nitrogens is 6. The first-order valence-electron chi connectivity index (χ1n) is 13.2. The van der Waals surface area contributed by atoms with E-state index in [2.05, 4.69) is 48.3 Å². The van der Waals surface area contributed by atoms with Gasteiger partial charge in [0.15, 0.2) is 0 Å². The Morgan fingerprint density at radius 3 is 2.95 bits per heavy atom. The number of amides is 1. The highest BCUT2D eigenvalue weighted by molar-refractivity contribution is 6.30. The van der Waals surface area contributed by atoms with Crippen LogP contribution in [0.4, 0.5) is 5.69 Å². The molecule has 0 fully saturated rings. The molecule has 5 rings (SSSR count). The first-order chi connectivity index (χ1) is 20.0. The Bertz CT molecular complexity index is 1580. The van der Waals surface area contributed by atoms with E-state index in [9.17, 15) is 9.59 Å². The number of hydrogen-bond donors (Lipinski definition) is 3. The number of H-pyrrole nitrogens is 1. The van der Waals surface area contributed by atoms with Crippen molar-refractivity contribution in [3.63, 3.8) is 0 Å². The molecule has 12 heteroatoms. The highest BCUT2D eigenvalue weighted by Crippen LogP contribution is 2.30. The van der Waals surface area contributed by atoms with Gasteiger partial charge in [-0.2, -0.15) is 4.68 Å². The summed E-state index contributed by atoms with van der Waals surface area (Å²) in [6.45, 7) is 0.765. The van der Waals surface area contributed by atoms with Crippen LogP contribution in [-0.2, 0) is 20.7 Å². The van der Waals surface area contributed by atoms with Crippen molar-refractivity contribution in [3.8, 4) is 16.9 Å². The van der Waals surface area contributed by atoms with Gasteiger partial charge in [-0.25, -0.2) is 4.98 Å². The van der Waals surface area contributed by atoms with Gasteiger partial charge < -0.3 is 20.4 Å². The number of nitrogens with zero attached hydrogens (tertiary/aromatic N) is 5. The molecule has 0 saturated heterocycles. The van der Waals surface area contributed by atoms with Gasteiger partial charge in [0.2, 0.25) is 5.91 Å². The van der Waals surface area contributed by atoms with Gasteiger partial charge in [0.25, 0.3) is 0 Å². The fraction of sp³-hybridized carbons (Fsp3) is 0.241. The van der Waals surface area contributed by atoms with Crippen LogP contribution >= 0.6 is 11.6 Å². The van der Waals surface area contributed by atoms with Gasteiger partial charge in [0.1, 0.15) is 12.2 Å². The number of nitrogens with one attached hydrogen (secondary N) is 3. The molecule has 210 valence electrons. The molecule has 4 aromatic rings. The summed E-state index contributed by atoms with van der Waals surface area (Å²) < 4.78 is 6.33. The number of carbonyl (C=O) groups excluding carboxylic acids is 2. The van der Waals surface area contributed by atoms with Crippen LogP contribution in [0.5, 0.6) is 0 Å². The fourth-order valence-corrected chi connectivity index (χ4v) is 4.71. The Hall–Kier alpha value is -4.77. The normalized spacial score (nSPS) is 16.0. The zero-order valence-electron chi connectivity index (χ0n) is 22.4. The van der Waals surface area contributed by atoms with Crippen molar-refractivity contribution < 1.29 is 14.3 Å². The summed E-state index contributed by atoms with van der Waals surface area (Å²) in [6, 6.07) is 10.7. The molecule has 2 aromatic heterocycles. The standard InChI is InChI=1S/C29H29ClN8O3/c1-41-28(40)15-19-7-10-22-24(14-19)31-13-5-3-2-4-6-23(29-32-17-25(22)35-29)34-27(39)12-8-20-16-21(30)9-11-26(20)38-18-33-36-37-38/h2,4,7-12,14,16-18,23,31H,3,5-6,13,15H2,1H3,(H,32,35)(H,34,39)/b4-2-,12-8+/t23-/m0/s1. The molecule has 1 aliphatic heterocycles. The number of rotatable bonds is 6. The molecule has 0 unspecified atom stereocenters. The van der Waals surface area contributed by atoms with Crippen LogP contribution in [0.2, 0.25) is 5.02 Å². The quantitative estimate of drug-likeness (QED) is 0.175. The van der Waals surface area contributed by atoms with Gasteiger partial charge in [0.05, 0.1) is 37.2 Å². The summed E-state index contributed by atoms with van der Waals surface area (Å²) in [7, 11) is 1.38. The van der Waals surface area contributed by atoms with Gasteiger partial charge in [0, 0.05) is 34.5 Å². The average molecular weight is 573 g/mol. The van der Waals surface area contributed by atoms with Crippen molar-refractivity contribution in [2.24, 2.45) is 0 Å². The van der Waals surface area contributed by atoms with Crippen molar-refractivity contribution in [2.75, 3.05) is 19.0 Å². The SMILES string of the molecule is COC(=O)Cc1ccc2c(c1)NCCC/C=C\C[C@H](NC(=O)/C=C/c1cc(Cl)ccc1-n1cnnn1)c1ncc-2[nH]1. The van der Waals surface area contributed by atoms with Crippen LogP contribution in [0.3, 0.4) is 0 Å². The highest BCUT2D eigenvalue weighted by atomic mass is 35.5. The summed E-state index contributed by atoms with van der Waals surface area (Å²) in [6.07, 6.45) is 13.1. The first-order valence-corrected chi connectivity index (χ1v) is 13.5. The van der Waals surface area contributed by atoms with E-state index < -0.39 is 0 Å². The molecular formula is C29H29ClN8O3. The lowest BCUT2D eigenvalue weighted by Crippen LogP contribution is -2.27. The third-order valence-electron chi connectivity index (χ3n) is 6.59. The zero-order valence-corrected chi connectivity index (χ0v) is 23.1. The summed E-state index contributed by atoms with van der Waals surface area (Å²) in [4.78, 5) is 32.9. The minimum atomic E-state index is -0.383. The Kier molecular flexibility index (Phi) is 8.85. The van der Waals surface area contributed by atoms with Gasteiger partial charge in [-0.1, -0.05) is 35.9 Å². The van der Waals surface area contributed by atoms with Gasteiger partial charge >= 0.3 is 5.97 Å². The third-order valence-corrected chi connectivity index (χ3v) is 6.83. The maximum Gasteiger partial charge on any atom is 0.309 e. The molecular weight excluding hydrogens is 544 g/mol. The van der Waals surface area contributed by atoms with E-state index >= 15 is 0 Å². The van der Waals surface area contributed by atoms with E-state index in [0.29, 0.717) is 28.5 Å². The minimum absolute atomic E-state index is 0.191. The number of fused-ring (bicyclic) bond motifs is 4. The number of tetrazole rings is 1. The van der Waals surface area contributed by atoms with E-state index in [-0.39, 0.29) is 24.3 Å². The predicted molar refractivity (Wildman–Crippen MR) is 155 cm³/mol. The molecule has 1 aliphatic rings. The summed E-state index contributed by atoms with van der Waals surface area (Å²) in [5.74, 6) is 0.0494. The lowest BCUT2D eigenvalue weighted by molar-refractivity contribution is -0.139. The van der Waals surface area contributed by atoms with E-state index in [1.54, 1.807) is 30.5 Å². The Labute approximate surface area is 241 Å². The fourth-order valence-electron chi connectivity index (χ4n) is 4.53. The van der Waals surface area contributed by atoms with E-state index in [1.807, 2.05) is 18.2 Å². The molecule has 0 saturated carbocycles. The predicted octanol–water partition coefficient (Wildman–Crippen LogP) is 4.44. The Morgan fingerprint density at radius 1 is 1.22 bits per heavy atom. The van der Waals surface area contributed by atoms with Crippen molar-refractivity contribution in [1.29, 1.82) is 0 Å². The maximum absolute atomic E-state index is 13.1. The number of allylic oxidation sites excluding steroid dienone is 1. The average Bonchev–Trinajstić information content (AvgIpc) is 3.68. The van der Waals surface area contributed by atoms with E-state index in [4.69, 9.17) is 16.3 Å². The van der Waals surface area contributed by atoms with Crippen LogP contribution in [-0.4, -0.2) is 55.7 Å². The largest absolute Gasteiger partial charge is 0.469 e. The lowest BCUT2D eigenvalue weighted by atomic mass is 10.0. The zero-order chi connectivity index (χ0) is 28.6. The number of aromatic amines is 1. The van der Waals surface area contributed by atoms with Crippen LogP contribution in [0.25, 0.3) is 23.0 Å². The number of esters is 1. The van der Waals surface area contributed by atoms with Crippen molar-refractivity contribution >= 4 is 35.2 Å². The van der Waals surface area contributed by atoms with Gasteiger partial charge in [-0.15, -0.1) is 5.10 Å². The molecule has 2 aromatic carbocycles. The number of ether oxygens (including phenoxy) is 1. The summed E-state index contributed by atoms with van der Waals surface area (Å²) in [5.41, 5.74) is 4.85. The van der Waals surface area contributed by atoms with Gasteiger partial charge in [-0.05, 0) is 65.6 Å². The van der Waals surface area contributed by atoms with Crippen molar-refractivity contribution in [3.05, 3.63) is 89.1 Å². The molecule has 0 radical (unpaired) electrons. The van der Waals surface area contributed by atoms with Crippen LogP contribution in [0, 0.1) is 0 Å². The number of anilines is 1. The molecule has 1 atom stereocenters. The van der Waals surface area contributed by atoms with E-state index in [1.165, 1.54) is 24.2 Å². The van der Waals surface area contributed by atoms with Crippen LogP contribution < -0.4 is 10.6 Å². The first kappa shape index (κ1) is 27.8. The Morgan fingerprint density at radius 2 is 2.12 bits per heavy atom. The second kappa shape index (κ2) is 13.1. The van der Waals surface area contributed by atoms with Crippen molar-refractivity contribution in [1.82, 2.24) is 35.5 Å². The Balaban J connectivity index is 1.38. The molecule has 0 spiro atoms. The summed E-state index contributed by atoms with van der Waals surface area (Å²) in [5, 5.41) is 18.4. The highest BCUT2D eigenvalue weighted by Gasteiger charge is 2.18. The third kappa shape index (κ3) is 7.06. The monoisotopic (exact) mass is 572 g/mol. The second-order valence-corrected chi connectivity index (χ2v) is 9.88. The van der Waals surface area contributed by atoms with Crippen molar-refractivity contribution in [2.45, 2.75) is 31.7 Å². The number of benzene rings is 2. The van der Waals surface area contributed by atoms with E-state index in [0.717, 1.165) is 41.9 Å². The molecule has 2 bridgehead atoms. The smallest absolute Gasteiger partial charge is 0.309 e. The second-order valence-electron chi connectivity index (χ2n) is 9.44. The molecule has 11 nitrogen and oxygen atoms in total. The lowest BCUT2D eigenvalue weighted by Gasteiger charge is -2.14. The van der Waals surface area contributed by atoms with Crippen LogP contribution in [0.15, 0.2) is 67.2 Å². The number of methoxy groups -OCH3 is 1. The number of hydrogen-bond acceptors (Lipinski definition) is 8. The van der Waals surface area contributed by atoms with Gasteiger partial charge in [-0.3, -0.25) is 9.59 Å². The number of imidazole rings is 1. The molecule has 3 N–H and O–H groups in total. The molecule has 1 amide bonds. The molecule has 0 aliphatic carbocycles. The molecule has 3 heterocycles. The minimum Gasteiger partial charge on any atom is -0.469 e. The van der Waals surface area contributed by atoms with Crippen LogP contribution in [0.1, 0.15) is 42.3 Å². The molecule has 41 heavy (non-hydrogen) atoms. The number of carbonyl (C=O) groups is 2. The summed E-state index contributed by atoms with van der Waals surface area (Å²) >= 11 is 6.21. The topological polar surface area (TPSA) is 140 Å².